The lowest BCUT2D eigenvalue weighted by molar-refractivity contribution is 0.539. The zero-order chi connectivity index (χ0) is 8.69. The lowest BCUT2D eigenvalue weighted by atomic mass is 10.1. The van der Waals surface area contributed by atoms with Gasteiger partial charge in [0, 0.05) is 19.0 Å². The molecule has 0 saturated carbocycles. The Balaban J connectivity index is 3.47. The molecule has 0 aromatic rings. The van der Waals surface area contributed by atoms with E-state index in [0.717, 1.165) is 12.1 Å². The maximum Gasteiger partial charge on any atom is 0.0221 e. The van der Waals surface area contributed by atoms with Gasteiger partial charge < -0.3 is 10.7 Å². The van der Waals surface area contributed by atoms with Gasteiger partial charge in [0.2, 0.25) is 0 Å². The molecule has 0 aliphatic carbocycles. The van der Waals surface area contributed by atoms with Crippen LogP contribution >= 0.6 is 0 Å². The molecule has 0 aromatic carbocycles. The number of hydrogen-bond donors (Lipinski definition) is 2. The molecule has 0 spiro atoms. The van der Waals surface area contributed by atoms with Gasteiger partial charge in [-0.3, -0.25) is 0 Å². The maximum atomic E-state index is 6.91. The summed E-state index contributed by atoms with van der Waals surface area (Å²) in [5.41, 5.74) is 0.966. The average molecular weight is 154 g/mol. The van der Waals surface area contributed by atoms with Gasteiger partial charge in [-0.15, -0.1) is 0 Å². The van der Waals surface area contributed by atoms with Gasteiger partial charge in [-0.05, 0) is 18.4 Å². The first-order valence-electron chi connectivity index (χ1n) is 4.11. The van der Waals surface area contributed by atoms with E-state index in [-0.39, 0.29) is 0 Å². The molecule has 0 heterocycles. The summed E-state index contributed by atoms with van der Waals surface area (Å²) in [4.78, 5) is 0. The van der Waals surface area contributed by atoms with Crippen LogP contribution in [0, 0.1) is 11.3 Å². The summed E-state index contributed by atoms with van der Waals surface area (Å²) >= 11 is 0. The Morgan fingerprint density at radius 3 is 2.73 bits per heavy atom. The van der Waals surface area contributed by atoms with Gasteiger partial charge in [-0.25, -0.2) is 0 Å². The van der Waals surface area contributed by atoms with Crippen molar-refractivity contribution in [3.05, 3.63) is 11.8 Å². The minimum Gasteiger partial charge on any atom is -0.390 e. The monoisotopic (exact) mass is 154 g/mol. The fraction of sp³-hybridized carbons (Fsp3) is 0.667. The molecule has 64 valence electrons. The first-order chi connectivity index (χ1) is 5.20. The average Bonchev–Trinajstić information content (AvgIpc) is 2.04. The predicted molar refractivity (Wildman–Crippen MR) is 50.0 cm³/mol. The molecule has 0 aromatic heterocycles. The molecule has 2 N–H and O–H groups in total. The van der Waals surface area contributed by atoms with E-state index in [1.165, 1.54) is 12.6 Å². The summed E-state index contributed by atoms with van der Waals surface area (Å²) in [5.74, 6) is 0.713. The summed E-state index contributed by atoms with van der Waals surface area (Å²) in [6, 6.07) is 0. The van der Waals surface area contributed by atoms with Crippen LogP contribution in [0.3, 0.4) is 0 Å². The first kappa shape index (κ1) is 10.2. The van der Waals surface area contributed by atoms with Crippen molar-refractivity contribution < 1.29 is 0 Å². The molecular formula is C9H18N2. The summed E-state index contributed by atoms with van der Waals surface area (Å²) < 4.78 is 0. The summed E-state index contributed by atoms with van der Waals surface area (Å²) in [6.07, 6.45) is 4.44. The SMILES string of the molecule is CC[C@@H](C)CN/C=C(/C)C=N. The fourth-order valence-electron chi connectivity index (χ4n) is 0.607. The second kappa shape index (κ2) is 5.96. The molecule has 0 unspecified atom stereocenters. The van der Waals surface area contributed by atoms with Crippen molar-refractivity contribution in [1.82, 2.24) is 5.32 Å². The Bertz CT molecular complexity index is 138. The van der Waals surface area contributed by atoms with Crippen LogP contribution in [0.4, 0.5) is 0 Å². The Labute approximate surface area is 69.2 Å². The molecule has 0 saturated heterocycles. The van der Waals surface area contributed by atoms with Crippen LogP contribution in [-0.4, -0.2) is 12.8 Å². The van der Waals surface area contributed by atoms with Crippen molar-refractivity contribution in [2.45, 2.75) is 27.2 Å². The maximum absolute atomic E-state index is 6.91. The van der Waals surface area contributed by atoms with E-state index in [1.807, 2.05) is 13.1 Å². The smallest absolute Gasteiger partial charge is 0.0221 e. The normalized spacial score (nSPS) is 14.3. The third kappa shape index (κ3) is 5.64. The molecule has 0 radical (unpaired) electrons. The van der Waals surface area contributed by atoms with Crippen LogP contribution in [-0.2, 0) is 0 Å². The van der Waals surface area contributed by atoms with Gasteiger partial charge in [0.15, 0.2) is 0 Å². The van der Waals surface area contributed by atoms with Crippen molar-refractivity contribution in [1.29, 1.82) is 5.41 Å². The Hall–Kier alpha value is -0.790. The molecule has 0 aliphatic rings. The summed E-state index contributed by atoms with van der Waals surface area (Å²) in [7, 11) is 0. The Kier molecular flexibility index (Phi) is 5.53. The van der Waals surface area contributed by atoms with Crippen LogP contribution in [0.5, 0.6) is 0 Å². The topological polar surface area (TPSA) is 35.9 Å². The molecule has 11 heavy (non-hydrogen) atoms. The van der Waals surface area contributed by atoms with Crippen molar-refractivity contribution in [3.8, 4) is 0 Å². The van der Waals surface area contributed by atoms with Gasteiger partial charge >= 0.3 is 0 Å². The van der Waals surface area contributed by atoms with E-state index in [0.29, 0.717) is 5.92 Å². The van der Waals surface area contributed by atoms with Crippen molar-refractivity contribution >= 4 is 6.21 Å². The molecule has 1 atom stereocenters. The number of hydrogen-bond acceptors (Lipinski definition) is 2. The standard InChI is InChI=1S/C9H18N2/c1-4-8(2)6-11-7-9(3)5-10/h5,7-8,10-11H,4,6H2,1-3H3/b9-7-,10-5?/t8-/m1/s1. The summed E-state index contributed by atoms with van der Waals surface area (Å²) in [6.45, 7) is 7.30. The zero-order valence-electron chi connectivity index (χ0n) is 7.65. The zero-order valence-corrected chi connectivity index (χ0v) is 7.65. The molecule has 0 amide bonds. The van der Waals surface area contributed by atoms with Crippen LogP contribution in [0.2, 0.25) is 0 Å². The second-order valence-electron chi connectivity index (χ2n) is 2.95. The highest BCUT2D eigenvalue weighted by Gasteiger charge is 1.94. The van der Waals surface area contributed by atoms with E-state index in [2.05, 4.69) is 19.2 Å². The van der Waals surface area contributed by atoms with Crippen LogP contribution in [0.25, 0.3) is 0 Å². The minimum atomic E-state index is 0.713. The lowest BCUT2D eigenvalue weighted by Gasteiger charge is -2.07. The molecular weight excluding hydrogens is 136 g/mol. The molecule has 0 aliphatic heterocycles. The predicted octanol–water partition coefficient (Wildman–Crippen LogP) is 2.18. The molecule has 0 bridgehead atoms. The largest absolute Gasteiger partial charge is 0.390 e. The third-order valence-corrected chi connectivity index (χ3v) is 1.72. The van der Waals surface area contributed by atoms with E-state index < -0.39 is 0 Å². The van der Waals surface area contributed by atoms with E-state index in [4.69, 9.17) is 5.41 Å². The van der Waals surface area contributed by atoms with Crippen LogP contribution in [0.1, 0.15) is 27.2 Å². The highest BCUT2D eigenvalue weighted by atomic mass is 14.8. The quantitative estimate of drug-likeness (QED) is 0.585. The van der Waals surface area contributed by atoms with Gasteiger partial charge in [0.25, 0.3) is 0 Å². The van der Waals surface area contributed by atoms with E-state index in [9.17, 15) is 0 Å². The van der Waals surface area contributed by atoms with Crippen molar-refractivity contribution in [2.75, 3.05) is 6.54 Å². The van der Waals surface area contributed by atoms with Gasteiger partial charge in [0.05, 0.1) is 0 Å². The first-order valence-corrected chi connectivity index (χ1v) is 4.11. The van der Waals surface area contributed by atoms with E-state index >= 15 is 0 Å². The van der Waals surface area contributed by atoms with Gasteiger partial charge in [-0.1, -0.05) is 20.3 Å². The number of rotatable bonds is 5. The molecule has 2 heteroatoms. The van der Waals surface area contributed by atoms with Gasteiger partial charge in [-0.2, -0.15) is 0 Å². The fourth-order valence-corrected chi connectivity index (χ4v) is 0.607. The molecule has 2 nitrogen and oxygen atoms in total. The minimum absolute atomic E-state index is 0.713. The Morgan fingerprint density at radius 2 is 2.27 bits per heavy atom. The number of nitrogens with one attached hydrogen (secondary N) is 2. The molecule has 0 fully saturated rings. The third-order valence-electron chi connectivity index (χ3n) is 1.72. The Morgan fingerprint density at radius 1 is 1.64 bits per heavy atom. The van der Waals surface area contributed by atoms with E-state index in [1.54, 1.807) is 0 Å². The van der Waals surface area contributed by atoms with Crippen LogP contribution < -0.4 is 5.32 Å². The van der Waals surface area contributed by atoms with Crippen molar-refractivity contribution in [2.24, 2.45) is 5.92 Å². The second-order valence-corrected chi connectivity index (χ2v) is 2.95. The highest BCUT2D eigenvalue weighted by Crippen LogP contribution is 1.97. The highest BCUT2D eigenvalue weighted by molar-refractivity contribution is 5.74. The van der Waals surface area contributed by atoms with Crippen molar-refractivity contribution in [3.63, 3.8) is 0 Å². The number of allylic oxidation sites excluding steroid dienone is 1. The lowest BCUT2D eigenvalue weighted by Crippen LogP contribution is -2.15. The molecule has 0 rings (SSSR count). The van der Waals surface area contributed by atoms with Crippen LogP contribution in [0.15, 0.2) is 11.8 Å². The van der Waals surface area contributed by atoms with Gasteiger partial charge in [0.1, 0.15) is 0 Å². The summed E-state index contributed by atoms with van der Waals surface area (Å²) in [5, 5.41) is 10.1.